The van der Waals surface area contributed by atoms with E-state index in [1.54, 1.807) is 6.20 Å². The van der Waals surface area contributed by atoms with Crippen LogP contribution in [-0.4, -0.2) is 32.5 Å². The molecule has 156 valence electrons. The molecule has 5 rings (SSSR count). The minimum absolute atomic E-state index is 0.147. The van der Waals surface area contributed by atoms with Crippen molar-refractivity contribution < 1.29 is 4.74 Å². The number of benzene rings is 1. The third kappa shape index (κ3) is 3.89. The Bertz CT molecular complexity index is 1070. The number of pyridine rings is 1. The summed E-state index contributed by atoms with van der Waals surface area (Å²) in [6.07, 6.45) is 7.78. The van der Waals surface area contributed by atoms with Gasteiger partial charge in [-0.15, -0.1) is 0 Å². The quantitative estimate of drug-likeness (QED) is 0.506. The largest absolute Gasteiger partial charge is 0.381 e. The first-order chi connectivity index (χ1) is 14.7. The third-order valence-corrected chi connectivity index (χ3v) is 6.95. The van der Waals surface area contributed by atoms with E-state index in [1.165, 1.54) is 5.56 Å². The number of hydrogen-bond donors (Lipinski definition) is 1. The highest BCUT2D eigenvalue weighted by Gasteiger charge is 2.35. The maximum atomic E-state index is 5.84. The van der Waals surface area contributed by atoms with E-state index in [9.17, 15) is 0 Å². The minimum atomic E-state index is -0.147. The van der Waals surface area contributed by atoms with Crippen LogP contribution < -0.4 is 5.32 Å². The van der Waals surface area contributed by atoms with Crippen LogP contribution in [-0.2, 0) is 16.9 Å². The van der Waals surface area contributed by atoms with Crippen molar-refractivity contribution in [1.29, 1.82) is 0 Å². The van der Waals surface area contributed by atoms with E-state index in [0.717, 1.165) is 59.5 Å². The second-order valence-electron chi connectivity index (χ2n) is 7.98. The average Bonchev–Trinajstić information content (AvgIpc) is 3.57. The Morgan fingerprint density at radius 3 is 2.60 bits per heavy atom. The Kier molecular flexibility index (Phi) is 5.58. The molecule has 3 aromatic rings. The number of halogens is 1. The standard InChI is InChI=1S/C22H24BrN5OS/c23-18-5-3-17(4-6-18)22(9-12-29-13-10-22)25-15-27-21(30)28(19-7-8-19)20(26-27)16-2-1-11-24-14-16/h1-6,11,14,19,25H,7-10,12-13,15H2. The third-order valence-electron chi connectivity index (χ3n) is 6.01. The highest BCUT2D eigenvalue weighted by Crippen LogP contribution is 2.38. The van der Waals surface area contributed by atoms with Crippen LogP contribution >= 0.6 is 28.1 Å². The lowest BCUT2D eigenvalue weighted by Crippen LogP contribution is -2.47. The van der Waals surface area contributed by atoms with Crippen LogP contribution in [0, 0.1) is 4.77 Å². The molecule has 0 spiro atoms. The maximum Gasteiger partial charge on any atom is 0.199 e. The minimum Gasteiger partial charge on any atom is -0.381 e. The molecule has 1 saturated heterocycles. The zero-order valence-electron chi connectivity index (χ0n) is 16.6. The van der Waals surface area contributed by atoms with Gasteiger partial charge in [-0.2, -0.15) is 5.10 Å². The van der Waals surface area contributed by atoms with Gasteiger partial charge in [0, 0.05) is 47.2 Å². The van der Waals surface area contributed by atoms with Crippen LogP contribution in [0.5, 0.6) is 0 Å². The first kappa shape index (κ1) is 20.1. The molecule has 3 heterocycles. The van der Waals surface area contributed by atoms with E-state index in [4.69, 9.17) is 22.1 Å². The number of ether oxygens (including phenoxy) is 1. The van der Waals surface area contributed by atoms with Crippen LogP contribution in [0.2, 0.25) is 0 Å². The number of rotatable bonds is 6. The summed E-state index contributed by atoms with van der Waals surface area (Å²) in [4.78, 5) is 4.27. The summed E-state index contributed by atoms with van der Waals surface area (Å²) >= 11 is 9.38. The molecule has 0 amide bonds. The number of aromatic nitrogens is 4. The molecule has 8 heteroatoms. The monoisotopic (exact) mass is 485 g/mol. The summed E-state index contributed by atoms with van der Waals surface area (Å²) < 4.78 is 11.6. The molecule has 2 aromatic heterocycles. The summed E-state index contributed by atoms with van der Waals surface area (Å²) in [5.41, 5.74) is 2.13. The summed E-state index contributed by atoms with van der Waals surface area (Å²) in [6.45, 7) is 2.04. The normalized spacial score (nSPS) is 18.4. The zero-order valence-corrected chi connectivity index (χ0v) is 19.0. The van der Waals surface area contributed by atoms with Crippen LogP contribution in [0.3, 0.4) is 0 Å². The topological polar surface area (TPSA) is 56.9 Å². The van der Waals surface area contributed by atoms with Gasteiger partial charge in [0.05, 0.1) is 6.67 Å². The number of hydrogen-bond acceptors (Lipinski definition) is 5. The zero-order chi connectivity index (χ0) is 20.6. The van der Waals surface area contributed by atoms with Gasteiger partial charge in [-0.3, -0.25) is 14.9 Å². The van der Waals surface area contributed by atoms with Gasteiger partial charge in [0.2, 0.25) is 0 Å². The van der Waals surface area contributed by atoms with Crippen molar-refractivity contribution in [1.82, 2.24) is 24.6 Å². The fraction of sp³-hybridized carbons (Fsp3) is 0.409. The van der Waals surface area contributed by atoms with Gasteiger partial charge in [0.25, 0.3) is 0 Å². The molecule has 2 fully saturated rings. The van der Waals surface area contributed by atoms with Crippen molar-refractivity contribution in [3.63, 3.8) is 0 Å². The van der Waals surface area contributed by atoms with E-state index in [0.29, 0.717) is 12.7 Å². The Balaban J connectivity index is 1.46. The average molecular weight is 486 g/mol. The molecule has 1 N–H and O–H groups in total. The molecule has 0 atom stereocenters. The van der Waals surface area contributed by atoms with Gasteiger partial charge < -0.3 is 4.74 Å². The van der Waals surface area contributed by atoms with Gasteiger partial charge in [0.15, 0.2) is 10.6 Å². The summed E-state index contributed by atoms with van der Waals surface area (Å²) in [5.74, 6) is 0.905. The van der Waals surface area contributed by atoms with E-state index in [-0.39, 0.29) is 5.54 Å². The van der Waals surface area contributed by atoms with Crippen LogP contribution in [0.15, 0.2) is 53.3 Å². The van der Waals surface area contributed by atoms with E-state index < -0.39 is 0 Å². The van der Waals surface area contributed by atoms with Crippen molar-refractivity contribution in [2.24, 2.45) is 0 Å². The fourth-order valence-corrected chi connectivity index (χ4v) is 4.76. The van der Waals surface area contributed by atoms with Crippen LogP contribution in [0.4, 0.5) is 0 Å². The van der Waals surface area contributed by atoms with Crippen molar-refractivity contribution in [2.75, 3.05) is 13.2 Å². The predicted molar refractivity (Wildman–Crippen MR) is 122 cm³/mol. The Hall–Kier alpha value is -1.87. The smallest absolute Gasteiger partial charge is 0.199 e. The fourth-order valence-electron chi connectivity index (χ4n) is 4.16. The summed E-state index contributed by atoms with van der Waals surface area (Å²) in [7, 11) is 0. The van der Waals surface area contributed by atoms with Crippen molar-refractivity contribution >= 4 is 28.1 Å². The molecule has 0 unspecified atom stereocenters. The van der Waals surface area contributed by atoms with Gasteiger partial charge in [-0.25, -0.2) is 4.68 Å². The number of nitrogens with one attached hydrogen (secondary N) is 1. The lowest BCUT2D eigenvalue weighted by Gasteiger charge is -2.38. The molecule has 30 heavy (non-hydrogen) atoms. The molecular weight excluding hydrogens is 462 g/mol. The van der Waals surface area contributed by atoms with Gasteiger partial charge in [-0.05, 0) is 67.7 Å². The van der Waals surface area contributed by atoms with E-state index >= 15 is 0 Å². The van der Waals surface area contributed by atoms with E-state index in [2.05, 4.69) is 55.1 Å². The molecular formula is C22H24BrN5OS. The molecule has 1 aromatic carbocycles. The first-order valence-corrected chi connectivity index (χ1v) is 11.5. The highest BCUT2D eigenvalue weighted by molar-refractivity contribution is 9.10. The molecule has 2 aliphatic rings. The Morgan fingerprint density at radius 1 is 1.17 bits per heavy atom. The Morgan fingerprint density at radius 2 is 1.93 bits per heavy atom. The summed E-state index contributed by atoms with van der Waals surface area (Å²) in [6, 6.07) is 13.0. The lowest BCUT2D eigenvalue weighted by molar-refractivity contribution is 0.0324. The van der Waals surface area contributed by atoms with Crippen LogP contribution in [0.1, 0.15) is 37.3 Å². The molecule has 1 saturated carbocycles. The molecule has 6 nitrogen and oxygen atoms in total. The molecule has 1 aliphatic carbocycles. The first-order valence-electron chi connectivity index (χ1n) is 10.3. The van der Waals surface area contributed by atoms with E-state index in [1.807, 2.05) is 23.0 Å². The SMILES string of the molecule is S=c1n(CNC2(c3ccc(Br)cc3)CCOCC2)nc(-c2cccnc2)n1C1CC1. The summed E-state index contributed by atoms with van der Waals surface area (Å²) in [5, 5.41) is 8.69. The highest BCUT2D eigenvalue weighted by atomic mass is 79.9. The number of nitrogens with zero attached hydrogens (tertiary/aromatic N) is 4. The van der Waals surface area contributed by atoms with Crippen molar-refractivity contribution in [3.8, 4) is 11.4 Å². The van der Waals surface area contributed by atoms with Gasteiger partial charge in [0.1, 0.15) is 0 Å². The second-order valence-corrected chi connectivity index (χ2v) is 9.27. The van der Waals surface area contributed by atoms with Gasteiger partial charge in [-0.1, -0.05) is 28.1 Å². The second kappa shape index (κ2) is 8.34. The lowest BCUT2D eigenvalue weighted by atomic mass is 9.83. The molecule has 0 radical (unpaired) electrons. The Labute approximate surface area is 189 Å². The van der Waals surface area contributed by atoms with Crippen molar-refractivity contribution in [2.45, 2.75) is 43.9 Å². The van der Waals surface area contributed by atoms with Gasteiger partial charge >= 0.3 is 0 Å². The predicted octanol–water partition coefficient (Wildman–Crippen LogP) is 4.83. The maximum absolute atomic E-state index is 5.84. The molecule has 1 aliphatic heterocycles. The van der Waals surface area contributed by atoms with Crippen LogP contribution in [0.25, 0.3) is 11.4 Å². The molecule has 0 bridgehead atoms. The van der Waals surface area contributed by atoms with Crippen molar-refractivity contribution in [3.05, 3.63) is 63.6 Å².